The largest absolute Gasteiger partial charge is 0.494 e. The Morgan fingerprint density at radius 2 is 1.85 bits per heavy atom. The van der Waals surface area contributed by atoms with E-state index in [4.69, 9.17) is 32.5 Å². The molecule has 0 spiro atoms. The molecule has 0 aliphatic carbocycles. The van der Waals surface area contributed by atoms with E-state index in [1.807, 2.05) is 0 Å². The summed E-state index contributed by atoms with van der Waals surface area (Å²) in [5.41, 5.74) is 0. The third kappa shape index (κ3) is 2.34. The second-order valence-corrected chi connectivity index (χ2v) is 3.95. The van der Waals surface area contributed by atoms with Crippen molar-refractivity contribution in [3.05, 3.63) is 22.2 Å². The molecule has 0 aliphatic heterocycles. The second kappa shape index (κ2) is 4.28. The van der Waals surface area contributed by atoms with Crippen LogP contribution in [0.3, 0.4) is 0 Å². The summed E-state index contributed by atoms with van der Waals surface area (Å²) in [4.78, 5) is 0.149. The molecule has 0 radical (unpaired) electrons. The zero-order valence-electron chi connectivity index (χ0n) is 6.58. The van der Waals surface area contributed by atoms with Crippen molar-refractivity contribution in [2.24, 2.45) is 0 Å². The van der Waals surface area contributed by atoms with E-state index >= 15 is 0 Å². The first-order valence-corrected chi connectivity index (χ1v) is 5.06. The van der Waals surface area contributed by atoms with Gasteiger partial charge in [0.25, 0.3) is 0 Å². The lowest BCUT2D eigenvalue weighted by Gasteiger charge is -2.06. The third-order valence-electron chi connectivity index (χ3n) is 1.38. The lowest BCUT2D eigenvalue weighted by Crippen LogP contribution is -1.91. The standard InChI is InChI=1S/C7H6Cl2O3S/c1-12-7-5(8)2-4(13(10)11)3-6(7)9/h2-3H,1H3,(H,10,11). The van der Waals surface area contributed by atoms with Gasteiger partial charge in [-0.3, -0.25) is 0 Å². The summed E-state index contributed by atoms with van der Waals surface area (Å²) in [6.07, 6.45) is 0. The molecular formula is C7H6Cl2O3S. The van der Waals surface area contributed by atoms with E-state index in [-0.39, 0.29) is 14.9 Å². The van der Waals surface area contributed by atoms with Crippen molar-refractivity contribution in [1.29, 1.82) is 0 Å². The molecule has 72 valence electrons. The summed E-state index contributed by atoms with van der Waals surface area (Å²) in [6, 6.07) is 2.67. The van der Waals surface area contributed by atoms with E-state index in [9.17, 15) is 4.21 Å². The van der Waals surface area contributed by atoms with Crippen LogP contribution in [-0.2, 0) is 11.1 Å². The van der Waals surface area contributed by atoms with Gasteiger partial charge in [0, 0.05) is 0 Å². The normalized spacial score (nSPS) is 12.6. The summed E-state index contributed by atoms with van der Waals surface area (Å²) >= 11 is 9.36. The quantitative estimate of drug-likeness (QED) is 0.809. The van der Waals surface area contributed by atoms with Crippen LogP contribution in [0.1, 0.15) is 0 Å². The molecule has 1 N–H and O–H groups in total. The fourth-order valence-corrected chi connectivity index (χ4v) is 2.04. The zero-order chi connectivity index (χ0) is 10.0. The highest BCUT2D eigenvalue weighted by Gasteiger charge is 2.10. The molecule has 1 aromatic rings. The maximum atomic E-state index is 10.7. The van der Waals surface area contributed by atoms with Crippen molar-refractivity contribution in [2.45, 2.75) is 4.90 Å². The average molecular weight is 241 g/mol. The van der Waals surface area contributed by atoms with Crippen molar-refractivity contribution in [2.75, 3.05) is 7.11 Å². The van der Waals surface area contributed by atoms with Crippen LogP contribution in [0.5, 0.6) is 5.75 Å². The summed E-state index contributed by atoms with van der Waals surface area (Å²) in [6.45, 7) is 0. The van der Waals surface area contributed by atoms with Crippen LogP contribution in [-0.4, -0.2) is 15.9 Å². The molecule has 1 atom stereocenters. The van der Waals surface area contributed by atoms with E-state index in [0.717, 1.165) is 0 Å². The fourth-order valence-electron chi connectivity index (χ4n) is 0.832. The Balaban J connectivity index is 3.28. The lowest BCUT2D eigenvalue weighted by atomic mass is 10.3. The van der Waals surface area contributed by atoms with Gasteiger partial charge in [0.2, 0.25) is 0 Å². The SMILES string of the molecule is COc1c(Cl)cc(S(=O)O)cc1Cl. The minimum Gasteiger partial charge on any atom is -0.494 e. The van der Waals surface area contributed by atoms with Crippen LogP contribution in [0.2, 0.25) is 10.0 Å². The number of ether oxygens (including phenoxy) is 1. The summed E-state index contributed by atoms with van der Waals surface area (Å²) in [5, 5.41) is 0.430. The van der Waals surface area contributed by atoms with Crippen molar-refractivity contribution in [3.63, 3.8) is 0 Å². The highest BCUT2D eigenvalue weighted by atomic mass is 35.5. The highest BCUT2D eigenvalue weighted by Crippen LogP contribution is 2.34. The van der Waals surface area contributed by atoms with Crippen molar-refractivity contribution < 1.29 is 13.5 Å². The van der Waals surface area contributed by atoms with Gasteiger partial charge in [-0.2, -0.15) is 0 Å². The van der Waals surface area contributed by atoms with E-state index in [1.165, 1.54) is 19.2 Å². The maximum absolute atomic E-state index is 10.7. The van der Waals surface area contributed by atoms with Gasteiger partial charge in [-0.25, -0.2) is 4.21 Å². The van der Waals surface area contributed by atoms with Gasteiger partial charge < -0.3 is 9.29 Å². The Bertz CT molecular complexity index is 331. The molecule has 0 bridgehead atoms. The van der Waals surface area contributed by atoms with Crippen LogP contribution in [0, 0.1) is 0 Å². The minimum absolute atomic E-state index is 0.149. The van der Waals surface area contributed by atoms with Gasteiger partial charge in [-0.15, -0.1) is 0 Å². The number of rotatable bonds is 2. The number of methoxy groups -OCH3 is 1. The average Bonchev–Trinajstić information content (AvgIpc) is 2.03. The first-order valence-electron chi connectivity index (χ1n) is 3.20. The zero-order valence-corrected chi connectivity index (χ0v) is 8.91. The van der Waals surface area contributed by atoms with E-state index in [2.05, 4.69) is 0 Å². The second-order valence-electron chi connectivity index (χ2n) is 2.17. The number of halogens is 2. The molecule has 0 amide bonds. The van der Waals surface area contributed by atoms with E-state index < -0.39 is 11.1 Å². The molecule has 0 aliphatic rings. The van der Waals surface area contributed by atoms with Crippen molar-refractivity contribution in [3.8, 4) is 5.75 Å². The smallest absolute Gasteiger partial charge is 0.186 e. The third-order valence-corrected chi connectivity index (χ3v) is 2.58. The molecule has 0 saturated heterocycles. The minimum atomic E-state index is -2.08. The number of benzene rings is 1. The monoisotopic (exact) mass is 240 g/mol. The molecule has 1 rings (SSSR count). The van der Waals surface area contributed by atoms with E-state index in [1.54, 1.807) is 0 Å². The van der Waals surface area contributed by atoms with Crippen LogP contribution in [0.4, 0.5) is 0 Å². The van der Waals surface area contributed by atoms with Gasteiger partial charge in [-0.1, -0.05) is 23.2 Å². The first-order chi connectivity index (χ1) is 6.06. The number of hydrogen-bond donors (Lipinski definition) is 1. The Morgan fingerprint density at radius 1 is 1.38 bits per heavy atom. The van der Waals surface area contributed by atoms with Crippen molar-refractivity contribution in [1.82, 2.24) is 0 Å². The Morgan fingerprint density at radius 3 is 2.15 bits per heavy atom. The van der Waals surface area contributed by atoms with Gasteiger partial charge in [0.1, 0.15) is 0 Å². The van der Waals surface area contributed by atoms with Gasteiger partial charge in [0.15, 0.2) is 16.8 Å². The molecule has 0 fully saturated rings. The van der Waals surface area contributed by atoms with Gasteiger partial charge in [0.05, 0.1) is 22.1 Å². The van der Waals surface area contributed by atoms with Crippen LogP contribution >= 0.6 is 23.2 Å². The molecule has 1 aromatic carbocycles. The topological polar surface area (TPSA) is 46.5 Å². The first kappa shape index (κ1) is 10.8. The molecular weight excluding hydrogens is 235 g/mol. The molecule has 1 unspecified atom stereocenters. The van der Waals surface area contributed by atoms with Crippen LogP contribution in [0.25, 0.3) is 0 Å². The predicted molar refractivity (Wildman–Crippen MR) is 52.1 cm³/mol. The Hall–Kier alpha value is -0.290. The molecule has 0 aromatic heterocycles. The molecule has 6 heteroatoms. The maximum Gasteiger partial charge on any atom is 0.186 e. The van der Waals surface area contributed by atoms with E-state index in [0.29, 0.717) is 5.75 Å². The molecule has 13 heavy (non-hydrogen) atoms. The van der Waals surface area contributed by atoms with Crippen molar-refractivity contribution >= 4 is 34.3 Å². The summed E-state index contributed by atoms with van der Waals surface area (Å²) in [7, 11) is 1.42. The molecule has 3 nitrogen and oxygen atoms in total. The Kier molecular flexibility index (Phi) is 3.55. The number of hydrogen-bond acceptors (Lipinski definition) is 2. The van der Waals surface area contributed by atoms with Gasteiger partial charge >= 0.3 is 0 Å². The molecule has 0 saturated carbocycles. The summed E-state index contributed by atoms with van der Waals surface area (Å²) < 4.78 is 24.3. The fraction of sp³-hybridized carbons (Fsp3) is 0.143. The van der Waals surface area contributed by atoms with Crippen LogP contribution < -0.4 is 4.74 Å². The highest BCUT2D eigenvalue weighted by molar-refractivity contribution is 7.79. The lowest BCUT2D eigenvalue weighted by molar-refractivity contribution is 0.415. The molecule has 0 heterocycles. The summed E-state index contributed by atoms with van der Waals surface area (Å²) in [5.74, 6) is 0.303. The predicted octanol–water partition coefficient (Wildman–Crippen LogP) is 2.58. The Labute approximate surface area is 87.9 Å². The van der Waals surface area contributed by atoms with Gasteiger partial charge in [-0.05, 0) is 12.1 Å². The van der Waals surface area contributed by atoms with Crippen LogP contribution in [0.15, 0.2) is 17.0 Å².